The first-order chi connectivity index (χ1) is 4.63. The molecular formula is C5H15BrNO4P. The average molecular weight is 264 g/mol. The summed E-state index contributed by atoms with van der Waals surface area (Å²) >= 11 is 0. The molecule has 0 saturated heterocycles. The first-order valence-corrected chi connectivity index (χ1v) is 4.85. The maximum atomic E-state index is 10.4. The summed E-state index contributed by atoms with van der Waals surface area (Å²) in [4.78, 5) is 17.0. The zero-order valence-corrected chi connectivity index (χ0v) is 9.79. The second-order valence-corrected chi connectivity index (χ2v) is 5.32. The molecule has 0 spiro atoms. The van der Waals surface area contributed by atoms with Crippen molar-refractivity contribution in [3.05, 3.63) is 0 Å². The number of likely N-dealkylation sites (N-methyl/N-ethyl adjacent to an activating group) is 1. The molecule has 0 saturated carbocycles. The quantitative estimate of drug-likeness (QED) is 0.361. The van der Waals surface area contributed by atoms with Crippen molar-refractivity contribution in [3.63, 3.8) is 0 Å². The maximum Gasteiger partial charge on any atom is 0.359 e. The molecule has 3 N–H and O–H groups in total. The molecule has 0 rings (SSSR count). The Labute approximate surface area is 82.5 Å². The fraction of sp³-hybridized carbons (Fsp3) is 1.00. The summed E-state index contributed by atoms with van der Waals surface area (Å²) < 4.78 is 10.8. The zero-order valence-electron chi connectivity index (χ0n) is 7.31. The highest BCUT2D eigenvalue weighted by Crippen LogP contribution is 2.39. The van der Waals surface area contributed by atoms with Crippen LogP contribution in [0.1, 0.15) is 0 Å². The third kappa shape index (κ3) is 7.21. The fourth-order valence-corrected chi connectivity index (χ4v) is 1.30. The van der Waals surface area contributed by atoms with Crippen LogP contribution in [0.5, 0.6) is 0 Å². The van der Waals surface area contributed by atoms with Gasteiger partial charge in [0.1, 0.15) is 6.54 Å². The first-order valence-electron chi connectivity index (χ1n) is 3.17. The zero-order chi connectivity index (χ0) is 9.28. The molecular weight excluding hydrogens is 249 g/mol. The van der Waals surface area contributed by atoms with E-state index >= 15 is 0 Å². The van der Waals surface area contributed by atoms with E-state index in [4.69, 9.17) is 14.9 Å². The van der Waals surface area contributed by atoms with Crippen LogP contribution >= 0.6 is 7.60 Å². The predicted octanol–water partition coefficient (Wildman–Crippen LogP) is -3.81. The van der Waals surface area contributed by atoms with E-state index in [0.717, 1.165) is 0 Å². The van der Waals surface area contributed by atoms with Crippen molar-refractivity contribution in [1.29, 1.82) is 0 Å². The monoisotopic (exact) mass is 263 g/mol. The molecule has 0 aliphatic heterocycles. The SMILES string of the molecule is C[N+](C)(C)CC(O)P(=O)(O)O.[Br-]. The Kier molecular flexibility index (Phi) is 5.88. The van der Waals surface area contributed by atoms with Gasteiger partial charge in [0.15, 0.2) is 0 Å². The third-order valence-corrected chi connectivity index (χ3v) is 2.04. The van der Waals surface area contributed by atoms with E-state index < -0.39 is 13.4 Å². The van der Waals surface area contributed by atoms with Gasteiger partial charge in [-0.3, -0.25) is 4.57 Å². The van der Waals surface area contributed by atoms with Crippen LogP contribution < -0.4 is 17.0 Å². The maximum absolute atomic E-state index is 10.4. The third-order valence-electron chi connectivity index (χ3n) is 1.10. The second-order valence-electron chi connectivity index (χ2n) is 3.54. The van der Waals surface area contributed by atoms with Gasteiger partial charge in [0, 0.05) is 0 Å². The van der Waals surface area contributed by atoms with Gasteiger partial charge in [-0.05, 0) is 0 Å². The molecule has 0 bridgehead atoms. The number of hydrogen-bond donors (Lipinski definition) is 3. The van der Waals surface area contributed by atoms with Crippen LogP contribution in [-0.2, 0) is 4.57 Å². The van der Waals surface area contributed by atoms with Gasteiger partial charge in [-0.25, -0.2) is 0 Å². The molecule has 0 aliphatic carbocycles. The van der Waals surface area contributed by atoms with Crippen LogP contribution in [0.2, 0.25) is 0 Å². The highest BCUT2D eigenvalue weighted by molar-refractivity contribution is 7.52. The number of nitrogens with zero attached hydrogens (tertiary/aromatic N) is 1. The Morgan fingerprint density at radius 3 is 1.75 bits per heavy atom. The number of hydrogen-bond acceptors (Lipinski definition) is 2. The van der Waals surface area contributed by atoms with Gasteiger partial charge in [-0.1, -0.05) is 0 Å². The lowest BCUT2D eigenvalue weighted by atomic mass is 10.5. The minimum atomic E-state index is -4.31. The van der Waals surface area contributed by atoms with Crippen molar-refractivity contribution >= 4 is 7.60 Å². The van der Waals surface area contributed by atoms with Crippen LogP contribution in [0.4, 0.5) is 0 Å². The molecule has 7 heteroatoms. The summed E-state index contributed by atoms with van der Waals surface area (Å²) in [6, 6.07) is 0. The molecule has 0 radical (unpaired) electrons. The van der Waals surface area contributed by atoms with Crippen molar-refractivity contribution in [2.24, 2.45) is 0 Å². The first kappa shape index (κ1) is 15.0. The summed E-state index contributed by atoms with van der Waals surface area (Å²) in [5.41, 5.74) is 0. The van der Waals surface area contributed by atoms with E-state index in [1.807, 2.05) is 0 Å². The molecule has 0 aromatic heterocycles. The Balaban J connectivity index is 0. The van der Waals surface area contributed by atoms with E-state index in [1.54, 1.807) is 21.1 Å². The molecule has 0 aliphatic rings. The smallest absolute Gasteiger partial charge is 0.359 e. The van der Waals surface area contributed by atoms with Crippen molar-refractivity contribution in [2.45, 2.75) is 5.85 Å². The number of quaternary nitrogens is 1. The van der Waals surface area contributed by atoms with Crippen molar-refractivity contribution < 1.29 is 40.9 Å². The van der Waals surface area contributed by atoms with E-state index in [0.29, 0.717) is 4.48 Å². The molecule has 0 aromatic rings. The summed E-state index contributed by atoms with van der Waals surface area (Å²) in [5, 5.41) is 8.94. The fourth-order valence-electron chi connectivity index (χ4n) is 0.596. The Hall–Kier alpha value is 0.550. The Bertz CT molecular complexity index is 175. The average Bonchev–Trinajstić information content (AvgIpc) is 1.56. The summed E-state index contributed by atoms with van der Waals surface area (Å²) in [5.74, 6) is -1.55. The molecule has 0 amide bonds. The normalized spacial score (nSPS) is 15.2. The van der Waals surface area contributed by atoms with Crippen molar-refractivity contribution in [1.82, 2.24) is 0 Å². The topological polar surface area (TPSA) is 77.8 Å². The van der Waals surface area contributed by atoms with Crippen LogP contribution in [0, 0.1) is 0 Å². The lowest BCUT2D eigenvalue weighted by molar-refractivity contribution is -0.872. The molecule has 0 heterocycles. The van der Waals surface area contributed by atoms with Crippen LogP contribution in [0.15, 0.2) is 0 Å². The lowest BCUT2D eigenvalue weighted by Crippen LogP contribution is -3.00. The van der Waals surface area contributed by atoms with E-state index in [2.05, 4.69) is 0 Å². The van der Waals surface area contributed by atoms with Gasteiger partial charge in [0.25, 0.3) is 0 Å². The summed E-state index contributed by atoms with van der Waals surface area (Å²) in [7, 11) is 0.933. The predicted molar refractivity (Wildman–Crippen MR) is 41.0 cm³/mol. The minimum Gasteiger partial charge on any atom is -1.00 e. The standard InChI is InChI=1S/C5H14NO4P.BrH/c1-6(2,3)4-5(7)11(8,9)10;/h5,7H,4H2,1-3H3,(H-,8,9,10);1H. The van der Waals surface area contributed by atoms with Crippen LogP contribution in [0.25, 0.3) is 0 Å². The Morgan fingerprint density at radius 2 is 1.67 bits per heavy atom. The van der Waals surface area contributed by atoms with E-state index in [1.165, 1.54) is 0 Å². The molecule has 0 fully saturated rings. The lowest BCUT2D eigenvalue weighted by Gasteiger charge is -2.26. The molecule has 1 atom stereocenters. The number of halogens is 1. The van der Waals surface area contributed by atoms with E-state index in [9.17, 15) is 4.57 Å². The summed E-state index contributed by atoms with van der Waals surface area (Å²) in [6.45, 7) is 0.0459. The molecule has 76 valence electrons. The molecule has 12 heavy (non-hydrogen) atoms. The summed E-state index contributed by atoms with van der Waals surface area (Å²) in [6.07, 6.45) is 0. The minimum absolute atomic E-state index is 0. The van der Waals surface area contributed by atoms with Gasteiger partial charge in [-0.2, -0.15) is 0 Å². The molecule has 5 nitrogen and oxygen atoms in total. The van der Waals surface area contributed by atoms with Crippen molar-refractivity contribution in [3.8, 4) is 0 Å². The number of aliphatic hydroxyl groups excluding tert-OH is 1. The van der Waals surface area contributed by atoms with Gasteiger partial charge < -0.3 is 36.4 Å². The Morgan fingerprint density at radius 1 is 1.33 bits per heavy atom. The van der Waals surface area contributed by atoms with Crippen molar-refractivity contribution in [2.75, 3.05) is 27.7 Å². The number of aliphatic hydroxyl groups is 1. The molecule has 1 unspecified atom stereocenters. The largest absolute Gasteiger partial charge is 1.00 e. The van der Waals surface area contributed by atoms with Crippen LogP contribution in [-0.4, -0.2) is 52.9 Å². The van der Waals surface area contributed by atoms with Gasteiger partial charge in [0.05, 0.1) is 21.1 Å². The highest BCUT2D eigenvalue weighted by Gasteiger charge is 2.31. The van der Waals surface area contributed by atoms with E-state index in [-0.39, 0.29) is 23.5 Å². The molecule has 0 aromatic carbocycles. The number of rotatable bonds is 3. The van der Waals surface area contributed by atoms with Gasteiger partial charge in [-0.15, -0.1) is 0 Å². The van der Waals surface area contributed by atoms with Gasteiger partial charge in [0.2, 0.25) is 5.85 Å². The second kappa shape index (κ2) is 4.69. The van der Waals surface area contributed by atoms with Gasteiger partial charge >= 0.3 is 7.60 Å². The van der Waals surface area contributed by atoms with Crippen LogP contribution in [0.3, 0.4) is 0 Å². The highest BCUT2D eigenvalue weighted by atomic mass is 79.9.